The summed E-state index contributed by atoms with van der Waals surface area (Å²) in [4.78, 5) is 11.7. The van der Waals surface area contributed by atoms with Crippen molar-refractivity contribution >= 4 is 16.0 Å². The second-order valence-electron chi connectivity index (χ2n) is 5.07. The van der Waals surface area contributed by atoms with E-state index in [0.717, 1.165) is 19.4 Å². The average molecular weight is 316 g/mol. The minimum atomic E-state index is -3.84. The van der Waals surface area contributed by atoms with Crippen LogP contribution in [0.2, 0.25) is 0 Å². The van der Waals surface area contributed by atoms with Gasteiger partial charge in [-0.2, -0.15) is 0 Å². The first-order chi connectivity index (χ1) is 9.86. The van der Waals surface area contributed by atoms with E-state index in [9.17, 15) is 13.2 Å². The number of furan rings is 1. The highest BCUT2D eigenvalue weighted by Crippen LogP contribution is 2.27. The Morgan fingerprint density at radius 1 is 1.38 bits per heavy atom. The van der Waals surface area contributed by atoms with Gasteiger partial charge < -0.3 is 14.5 Å². The molecular formula is C13H20N2O5S. The first-order valence-electron chi connectivity index (χ1n) is 6.78. The smallest absolute Gasteiger partial charge is 0.342 e. The summed E-state index contributed by atoms with van der Waals surface area (Å²) in [5, 5.41) is 3.14. The molecule has 7 nitrogen and oxygen atoms in total. The Labute approximate surface area is 124 Å². The first kappa shape index (κ1) is 16.0. The van der Waals surface area contributed by atoms with Gasteiger partial charge in [-0.1, -0.05) is 0 Å². The Morgan fingerprint density at radius 3 is 2.67 bits per heavy atom. The SMILES string of the molecule is COC(=O)c1c(C)oc(C)c1S(=O)(=O)N[C@H]1CCCNC1. The summed E-state index contributed by atoms with van der Waals surface area (Å²) in [7, 11) is -2.63. The predicted octanol–water partition coefficient (Wildman–Crippen LogP) is 0.713. The lowest BCUT2D eigenvalue weighted by Gasteiger charge is -2.23. The molecule has 1 aromatic heterocycles. The summed E-state index contributed by atoms with van der Waals surface area (Å²) in [5.41, 5.74) is -0.0359. The van der Waals surface area contributed by atoms with Crippen molar-refractivity contribution in [1.29, 1.82) is 0 Å². The van der Waals surface area contributed by atoms with Crippen LogP contribution in [0.5, 0.6) is 0 Å². The minimum Gasteiger partial charge on any atom is -0.465 e. The molecule has 1 atom stereocenters. The summed E-state index contributed by atoms with van der Waals surface area (Å²) in [5.74, 6) is -0.294. The molecule has 1 aliphatic rings. The standard InChI is InChI=1S/C13H20N2O5S/c1-8-11(13(16)19-3)12(9(2)20-8)21(17,18)15-10-5-4-6-14-7-10/h10,14-15H,4-7H2,1-3H3/t10-/m0/s1. The summed E-state index contributed by atoms with van der Waals surface area (Å²) < 4.78 is 37.7. The van der Waals surface area contributed by atoms with Crippen molar-refractivity contribution < 1.29 is 22.4 Å². The van der Waals surface area contributed by atoms with Crippen LogP contribution in [0.25, 0.3) is 0 Å². The van der Waals surface area contributed by atoms with Gasteiger partial charge in [0.05, 0.1) is 7.11 Å². The van der Waals surface area contributed by atoms with E-state index in [2.05, 4.69) is 14.8 Å². The molecule has 21 heavy (non-hydrogen) atoms. The Kier molecular flexibility index (Phi) is 4.70. The second-order valence-corrected chi connectivity index (χ2v) is 6.73. The lowest BCUT2D eigenvalue weighted by molar-refractivity contribution is 0.0595. The van der Waals surface area contributed by atoms with Gasteiger partial charge >= 0.3 is 5.97 Å². The number of sulfonamides is 1. The van der Waals surface area contributed by atoms with E-state index >= 15 is 0 Å². The second kappa shape index (κ2) is 6.17. The zero-order valence-electron chi connectivity index (χ0n) is 12.4. The number of nitrogens with one attached hydrogen (secondary N) is 2. The topological polar surface area (TPSA) is 97.6 Å². The third-order valence-corrected chi connectivity index (χ3v) is 5.15. The van der Waals surface area contributed by atoms with Gasteiger partial charge in [-0.3, -0.25) is 0 Å². The quantitative estimate of drug-likeness (QED) is 0.794. The molecule has 1 aliphatic heterocycles. The van der Waals surface area contributed by atoms with Gasteiger partial charge in [0.25, 0.3) is 0 Å². The van der Waals surface area contributed by atoms with Crippen molar-refractivity contribution in [2.24, 2.45) is 0 Å². The van der Waals surface area contributed by atoms with Crippen LogP contribution in [0, 0.1) is 13.8 Å². The Hall–Kier alpha value is -1.38. The molecule has 0 aliphatic carbocycles. The molecule has 2 N–H and O–H groups in total. The predicted molar refractivity (Wildman–Crippen MR) is 75.7 cm³/mol. The third-order valence-electron chi connectivity index (χ3n) is 3.48. The normalized spacial score (nSPS) is 19.5. The number of aryl methyl sites for hydroxylation is 2. The largest absolute Gasteiger partial charge is 0.465 e. The molecule has 0 aromatic carbocycles. The maximum atomic E-state index is 12.6. The van der Waals surface area contributed by atoms with Crippen LogP contribution in [-0.2, 0) is 14.8 Å². The molecule has 0 radical (unpaired) electrons. The molecule has 1 saturated heterocycles. The van der Waals surface area contributed by atoms with Crippen LogP contribution >= 0.6 is 0 Å². The molecule has 0 amide bonds. The van der Waals surface area contributed by atoms with Crippen molar-refractivity contribution in [2.75, 3.05) is 20.2 Å². The highest BCUT2D eigenvalue weighted by molar-refractivity contribution is 7.89. The van der Waals surface area contributed by atoms with Crippen molar-refractivity contribution in [3.8, 4) is 0 Å². The van der Waals surface area contributed by atoms with E-state index in [4.69, 9.17) is 4.42 Å². The van der Waals surface area contributed by atoms with E-state index in [0.29, 0.717) is 6.54 Å². The number of piperidine rings is 1. The summed E-state index contributed by atoms with van der Waals surface area (Å²) >= 11 is 0. The Morgan fingerprint density at radius 2 is 2.10 bits per heavy atom. The van der Waals surface area contributed by atoms with Crippen LogP contribution < -0.4 is 10.0 Å². The molecule has 0 spiro atoms. The zero-order valence-corrected chi connectivity index (χ0v) is 13.2. The molecular weight excluding hydrogens is 296 g/mol. The molecule has 1 aromatic rings. The lowest BCUT2D eigenvalue weighted by atomic mass is 10.1. The molecule has 8 heteroatoms. The van der Waals surface area contributed by atoms with Crippen molar-refractivity contribution in [3.05, 3.63) is 17.1 Å². The van der Waals surface area contributed by atoms with Gasteiger partial charge in [-0.05, 0) is 33.2 Å². The number of esters is 1. The lowest BCUT2D eigenvalue weighted by Crippen LogP contribution is -2.45. The number of rotatable bonds is 4. The summed E-state index contributed by atoms with van der Waals surface area (Å²) in [6.07, 6.45) is 1.66. The number of ether oxygens (including phenoxy) is 1. The third kappa shape index (κ3) is 3.28. The van der Waals surface area contributed by atoms with Gasteiger partial charge in [0.2, 0.25) is 10.0 Å². The highest BCUT2D eigenvalue weighted by Gasteiger charge is 2.33. The fourth-order valence-electron chi connectivity index (χ4n) is 2.56. The number of carbonyl (C=O) groups excluding carboxylic acids is 1. The molecule has 0 unspecified atom stereocenters. The van der Waals surface area contributed by atoms with Gasteiger partial charge in [0, 0.05) is 12.6 Å². The van der Waals surface area contributed by atoms with Gasteiger partial charge in [0.1, 0.15) is 22.0 Å². The molecule has 0 bridgehead atoms. The van der Waals surface area contributed by atoms with Gasteiger partial charge in [-0.15, -0.1) is 0 Å². The molecule has 0 saturated carbocycles. The van der Waals surface area contributed by atoms with Crippen LogP contribution in [0.4, 0.5) is 0 Å². The fraction of sp³-hybridized carbons (Fsp3) is 0.615. The maximum Gasteiger partial charge on any atom is 0.342 e. The first-order valence-corrected chi connectivity index (χ1v) is 8.26. The van der Waals surface area contributed by atoms with E-state index in [1.807, 2.05) is 0 Å². The molecule has 2 heterocycles. The monoisotopic (exact) mass is 316 g/mol. The van der Waals surface area contributed by atoms with Crippen molar-refractivity contribution in [2.45, 2.75) is 37.6 Å². The Balaban J connectivity index is 2.37. The van der Waals surface area contributed by atoms with E-state index in [1.165, 1.54) is 14.0 Å². The van der Waals surface area contributed by atoms with Crippen molar-refractivity contribution in [1.82, 2.24) is 10.0 Å². The zero-order chi connectivity index (χ0) is 15.6. The fourth-order valence-corrected chi connectivity index (χ4v) is 4.23. The van der Waals surface area contributed by atoms with Crippen LogP contribution in [0.3, 0.4) is 0 Å². The molecule has 1 fully saturated rings. The van der Waals surface area contributed by atoms with Gasteiger partial charge in [-0.25, -0.2) is 17.9 Å². The van der Waals surface area contributed by atoms with E-state index in [1.54, 1.807) is 6.92 Å². The van der Waals surface area contributed by atoms with Crippen LogP contribution in [-0.4, -0.2) is 40.6 Å². The summed E-state index contributed by atoms with van der Waals surface area (Å²) in [6, 6.07) is -0.191. The number of methoxy groups -OCH3 is 1. The van der Waals surface area contributed by atoms with Gasteiger partial charge in [0.15, 0.2) is 0 Å². The number of hydrogen-bond acceptors (Lipinski definition) is 6. The summed E-state index contributed by atoms with van der Waals surface area (Å²) in [6.45, 7) is 4.52. The maximum absolute atomic E-state index is 12.6. The molecule has 2 rings (SSSR count). The Bertz CT molecular complexity index is 629. The minimum absolute atomic E-state index is 0.0359. The van der Waals surface area contributed by atoms with Crippen LogP contribution in [0.1, 0.15) is 34.7 Å². The number of carbonyl (C=O) groups is 1. The molecule has 118 valence electrons. The average Bonchev–Trinajstić information content (AvgIpc) is 2.74. The van der Waals surface area contributed by atoms with Crippen LogP contribution in [0.15, 0.2) is 9.31 Å². The highest BCUT2D eigenvalue weighted by atomic mass is 32.2. The van der Waals surface area contributed by atoms with Crippen molar-refractivity contribution in [3.63, 3.8) is 0 Å². The number of hydrogen-bond donors (Lipinski definition) is 2. The van der Waals surface area contributed by atoms with E-state index < -0.39 is 16.0 Å². The van der Waals surface area contributed by atoms with E-state index in [-0.39, 0.29) is 28.0 Å².